The molecule has 2 aromatic heterocycles. The van der Waals surface area contributed by atoms with Gasteiger partial charge in [0.1, 0.15) is 24.6 Å². The van der Waals surface area contributed by atoms with E-state index in [0.29, 0.717) is 54.1 Å². The number of benzene rings is 2. The number of ether oxygens (including phenoxy) is 2. The first-order chi connectivity index (χ1) is 18.6. The third-order valence-electron chi connectivity index (χ3n) is 6.50. The van der Waals surface area contributed by atoms with Gasteiger partial charge in [-0.3, -0.25) is 9.59 Å². The van der Waals surface area contributed by atoms with Crippen LogP contribution < -0.4 is 25.9 Å². The van der Waals surface area contributed by atoms with E-state index in [0.717, 1.165) is 6.20 Å². The Hall–Kier alpha value is -4.35. The van der Waals surface area contributed by atoms with Crippen molar-refractivity contribution in [3.8, 4) is 22.6 Å². The average molecular weight is 545 g/mol. The van der Waals surface area contributed by atoms with Gasteiger partial charge in [0.2, 0.25) is 0 Å². The number of aromatic nitrogens is 3. The lowest BCUT2D eigenvalue weighted by Gasteiger charge is -2.19. The van der Waals surface area contributed by atoms with Gasteiger partial charge in [0.05, 0.1) is 17.3 Å². The number of halogens is 4. The molecule has 0 unspecified atom stereocenters. The van der Waals surface area contributed by atoms with Gasteiger partial charge in [-0.05, 0) is 61.0 Å². The van der Waals surface area contributed by atoms with Gasteiger partial charge in [0.25, 0.3) is 11.1 Å². The fourth-order valence-electron chi connectivity index (χ4n) is 4.61. The van der Waals surface area contributed by atoms with Crippen molar-refractivity contribution < 1.29 is 27.0 Å². The highest BCUT2D eigenvalue weighted by Crippen LogP contribution is 2.36. The van der Waals surface area contributed by atoms with E-state index in [1.54, 1.807) is 48.6 Å². The maximum absolute atomic E-state index is 15.1. The first kappa shape index (κ1) is 26.3. The van der Waals surface area contributed by atoms with E-state index >= 15 is 4.39 Å². The van der Waals surface area contributed by atoms with Crippen LogP contribution in [-0.2, 0) is 12.7 Å². The number of H-pyrrole nitrogens is 1. The van der Waals surface area contributed by atoms with E-state index in [1.807, 2.05) is 0 Å². The molecule has 3 heterocycles. The zero-order valence-corrected chi connectivity index (χ0v) is 20.8. The Bertz CT molecular complexity index is 1650. The number of hydrogen-bond donors (Lipinski definition) is 2. The normalized spacial score (nSPS) is 13.9. The number of nitrogens with zero attached hydrogens (tertiary/aromatic N) is 2. The fraction of sp³-hybridized carbons (Fsp3) is 0.296. The minimum atomic E-state index is -4.84. The predicted octanol–water partition coefficient (Wildman–Crippen LogP) is 4.96. The molecular weight excluding hydrogens is 520 g/mol. The van der Waals surface area contributed by atoms with E-state index in [9.17, 15) is 22.8 Å². The third-order valence-corrected chi connectivity index (χ3v) is 6.50. The second-order valence-electron chi connectivity index (χ2n) is 9.27. The zero-order valence-electron chi connectivity index (χ0n) is 20.8. The van der Waals surface area contributed by atoms with Crippen LogP contribution in [0.5, 0.6) is 11.5 Å². The highest BCUT2D eigenvalue weighted by Gasteiger charge is 2.37. The topological polar surface area (TPSA) is 98.2 Å². The number of rotatable bonds is 7. The molecule has 0 bridgehead atoms. The molecule has 0 saturated heterocycles. The summed E-state index contributed by atoms with van der Waals surface area (Å²) < 4.78 is 67.4. The predicted molar refractivity (Wildman–Crippen MR) is 137 cm³/mol. The Labute approximate surface area is 219 Å². The molecule has 204 valence electrons. The molecule has 0 spiro atoms. The minimum absolute atomic E-state index is 0.215. The summed E-state index contributed by atoms with van der Waals surface area (Å²) >= 11 is 0. The number of anilines is 1. The molecule has 8 nitrogen and oxygen atoms in total. The molecule has 4 aromatic rings. The number of pyridine rings is 1. The number of aromatic amines is 1. The fourth-order valence-corrected chi connectivity index (χ4v) is 4.61. The van der Waals surface area contributed by atoms with Crippen LogP contribution in [0.2, 0.25) is 0 Å². The number of nitrogens with one attached hydrogen (secondary N) is 2. The van der Waals surface area contributed by atoms with Gasteiger partial charge in [0, 0.05) is 24.3 Å². The van der Waals surface area contributed by atoms with Crippen LogP contribution >= 0.6 is 0 Å². The van der Waals surface area contributed by atoms with Crippen LogP contribution in [0.3, 0.4) is 0 Å². The standard InChI is InChI=1S/C27H24F4N4O4/c1-15(33-21-14-32-34-25(36)24(21)27(29,30)31)3-2-7-35-8-6-17-11-18(20(28)13-19(17)26(35)37)16-4-5-22-23(12-16)39-10-9-38-22/h4-6,8,11-15H,2-3,7,9-10H2,1H3,(H2,33,34,36)/t15-/m0/s1. The molecule has 2 aromatic carbocycles. The third kappa shape index (κ3) is 5.45. The smallest absolute Gasteiger partial charge is 0.423 e. The van der Waals surface area contributed by atoms with E-state index in [4.69, 9.17) is 9.47 Å². The number of alkyl halides is 3. The molecule has 0 aliphatic carbocycles. The van der Waals surface area contributed by atoms with E-state index in [1.165, 1.54) is 10.6 Å². The molecular formula is C27H24F4N4O4. The molecule has 1 atom stereocenters. The maximum atomic E-state index is 15.1. The van der Waals surface area contributed by atoms with Crippen LogP contribution in [0.15, 0.2) is 58.4 Å². The van der Waals surface area contributed by atoms with Crippen LogP contribution in [-0.4, -0.2) is 34.0 Å². The molecule has 39 heavy (non-hydrogen) atoms. The van der Waals surface area contributed by atoms with Crippen LogP contribution in [0.1, 0.15) is 25.3 Å². The van der Waals surface area contributed by atoms with Crippen molar-refractivity contribution in [1.29, 1.82) is 0 Å². The molecule has 1 aliphatic rings. The second-order valence-corrected chi connectivity index (χ2v) is 9.27. The first-order valence-electron chi connectivity index (χ1n) is 12.3. The molecule has 0 saturated carbocycles. The zero-order chi connectivity index (χ0) is 27.7. The van der Waals surface area contributed by atoms with Gasteiger partial charge in [0.15, 0.2) is 11.5 Å². The van der Waals surface area contributed by atoms with E-state index in [2.05, 4.69) is 10.4 Å². The summed E-state index contributed by atoms with van der Waals surface area (Å²) in [7, 11) is 0. The van der Waals surface area contributed by atoms with Crippen molar-refractivity contribution in [2.45, 2.75) is 38.5 Å². The Morgan fingerprint density at radius 1 is 1.10 bits per heavy atom. The molecule has 0 fully saturated rings. The van der Waals surface area contributed by atoms with E-state index in [-0.39, 0.29) is 17.5 Å². The molecule has 1 aliphatic heterocycles. The van der Waals surface area contributed by atoms with Crippen molar-refractivity contribution in [3.63, 3.8) is 0 Å². The van der Waals surface area contributed by atoms with Gasteiger partial charge >= 0.3 is 6.18 Å². The van der Waals surface area contributed by atoms with Crippen molar-refractivity contribution >= 4 is 16.5 Å². The Morgan fingerprint density at radius 3 is 2.64 bits per heavy atom. The quantitative estimate of drug-likeness (QED) is 0.319. The van der Waals surface area contributed by atoms with Crippen LogP contribution in [0.4, 0.5) is 23.2 Å². The molecule has 2 N–H and O–H groups in total. The van der Waals surface area contributed by atoms with Gasteiger partial charge in [-0.25, -0.2) is 9.49 Å². The summed E-state index contributed by atoms with van der Waals surface area (Å²) in [5, 5.41) is 8.70. The molecule has 12 heteroatoms. The highest BCUT2D eigenvalue weighted by molar-refractivity contribution is 5.87. The van der Waals surface area contributed by atoms with E-state index < -0.39 is 34.8 Å². The van der Waals surface area contributed by atoms with Crippen molar-refractivity contribution in [2.75, 3.05) is 18.5 Å². The summed E-state index contributed by atoms with van der Waals surface area (Å²) in [6.07, 6.45) is -1.48. The van der Waals surface area contributed by atoms with Crippen molar-refractivity contribution in [1.82, 2.24) is 14.8 Å². The SMILES string of the molecule is C[C@@H](CCCn1ccc2cc(-c3ccc4c(c3)OCCO4)c(F)cc2c1=O)Nc1cn[nH]c(=O)c1C(F)(F)F. The lowest BCUT2D eigenvalue weighted by atomic mass is 10.0. The van der Waals surface area contributed by atoms with Gasteiger partial charge < -0.3 is 19.4 Å². The largest absolute Gasteiger partial charge is 0.486 e. The average Bonchev–Trinajstić information content (AvgIpc) is 2.89. The Kier molecular flexibility index (Phi) is 7.02. The Balaban J connectivity index is 1.30. The van der Waals surface area contributed by atoms with Crippen LogP contribution in [0.25, 0.3) is 21.9 Å². The van der Waals surface area contributed by atoms with Crippen molar-refractivity contribution in [2.24, 2.45) is 0 Å². The molecule has 5 rings (SSSR count). The summed E-state index contributed by atoms with van der Waals surface area (Å²) in [5.41, 5.74) is -2.54. The lowest BCUT2D eigenvalue weighted by Crippen LogP contribution is -2.27. The highest BCUT2D eigenvalue weighted by atomic mass is 19.4. The van der Waals surface area contributed by atoms with Crippen molar-refractivity contribution in [3.05, 3.63) is 80.9 Å². The van der Waals surface area contributed by atoms with Gasteiger partial charge in [-0.15, -0.1) is 0 Å². The number of aryl methyl sites for hydroxylation is 1. The summed E-state index contributed by atoms with van der Waals surface area (Å²) in [6.45, 7) is 2.79. The van der Waals surface area contributed by atoms with Gasteiger partial charge in [-0.1, -0.05) is 6.07 Å². The second kappa shape index (κ2) is 10.4. The summed E-state index contributed by atoms with van der Waals surface area (Å²) in [4.78, 5) is 24.7. The summed E-state index contributed by atoms with van der Waals surface area (Å²) in [5.74, 6) is 0.564. The minimum Gasteiger partial charge on any atom is -0.486 e. The monoisotopic (exact) mass is 544 g/mol. The maximum Gasteiger partial charge on any atom is 0.423 e. The van der Waals surface area contributed by atoms with Gasteiger partial charge in [-0.2, -0.15) is 18.3 Å². The molecule has 0 amide bonds. The lowest BCUT2D eigenvalue weighted by molar-refractivity contribution is -0.138. The number of fused-ring (bicyclic) bond motifs is 2. The van der Waals surface area contributed by atoms with Crippen LogP contribution in [0, 0.1) is 5.82 Å². The first-order valence-corrected chi connectivity index (χ1v) is 12.3. The molecule has 0 radical (unpaired) electrons. The summed E-state index contributed by atoms with van der Waals surface area (Å²) in [6, 6.07) is 9.25. The number of hydrogen-bond acceptors (Lipinski definition) is 6. The Morgan fingerprint density at radius 2 is 1.87 bits per heavy atom.